The molecule has 0 saturated carbocycles. The van der Waals surface area contributed by atoms with E-state index in [1.165, 1.54) is 12.8 Å². The van der Waals surface area contributed by atoms with Crippen molar-refractivity contribution in [1.29, 1.82) is 0 Å². The lowest BCUT2D eigenvalue weighted by atomic mass is 9.99. The van der Waals surface area contributed by atoms with Crippen LogP contribution in [0.25, 0.3) is 0 Å². The summed E-state index contributed by atoms with van der Waals surface area (Å²) in [6, 6.07) is 18.2. The van der Waals surface area contributed by atoms with Crippen LogP contribution in [0, 0.1) is 0 Å². The number of hydrogen-bond acceptors (Lipinski definition) is 2. The summed E-state index contributed by atoms with van der Waals surface area (Å²) in [5, 5.41) is 0. The summed E-state index contributed by atoms with van der Waals surface area (Å²) in [6.45, 7) is 2.00. The van der Waals surface area contributed by atoms with Crippen molar-refractivity contribution in [2.75, 3.05) is 20.2 Å². The van der Waals surface area contributed by atoms with Crippen molar-refractivity contribution in [2.45, 2.75) is 18.9 Å². The van der Waals surface area contributed by atoms with Crippen LogP contribution in [0.2, 0.25) is 0 Å². The third-order valence-corrected chi connectivity index (χ3v) is 4.24. The molecule has 0 aliphatic carbocycles. The van der Waals surface area contributed by atoms with Crippen LogP contribution < -0.4 is 10.5 Å². The summed E-state index contributed by atoms with van der Waals surface area (Å²) >= 11 is 0. The Bertz CT molecular complexity index is 646. The van der Waals surface area contributed by atoms with Crippen LogP contribution in [0.15, 0.2) is 59.6 Å². The van der Waals surface area contributed by atoms with Crippen molar-refractivity contribution in [3.05, 3.63) is 65.7 Å². The maximum absolute atomic E-state index is 6.26. The van der Waals surface area contributed by atoms with Crippen molar-refractivity contribution in [2.24, 2.45) is 10.7 Å². The molecule has 120 valence electrons. The number of nitrogens with two attached hydrogens (primary N) is 1. The lowest BCUT2D eigenvalue weighted by Gasteiger charge is -2.20. The Labute approximate surface area is 137 Å². The van der Waals surface area contributed by atoms with Gasteiger partial charge in [-0.25, -0.2) is 4.99 Å². The van der Waals surface area contributed by atoms with Crippen molar-refractivity contribution >= 4 is 5.96 Å². The molecule has 0 bridgehead atoms. The van der Waals surface area contributed by atoms with Gasteiger partial charge in [-0.05, 0) is 36.1 Å². The highest BCUT2D eigenvalue weighted by Crippen LogP contribution is 2.28. The quantitative estimate of drug-likeness (QED) is 0.697. The van der Waals surface area contributed by atoms with Gasteiger partial charge in [0.2, 0.25) is 0 Å². The van der Waals surface area contributed by atoms with Gasteiger partial charge < -0.3 is 15.4 Å². The Morgan fingerprint density at radius 2 is 1.61 bits per heavy atom. The predicted molar refractivity (Wildman–Crippen MR) is 93.7 cm³/mol. The summed E-state index contributed by atoms with van der Waals surface area (Å²) in [5.74, 6) is 1.48. The van der Waals surface area contributed by atoms with Crippen LogP contribution in [-0.2, 0) is 0 Å². The van der Waals surface area contributed by atoms with Crippen LogP contribution in [0.1, 0.15) is 30.0 Å². The molecule has 4 nitrogen and oxygen atoms in total. The molecule has 3 rings (SSSR count). The van der Waals surface area contributed by atoms with Crippen LogP contribution >= 0.6 is 0 Å². The van der Waals surface area contributed by atoms with Gasteiger partial charge in [-0.2, -0.15) is 0 Å². The fraction of sp³-hybridized carbons (Fsp3) is 0.316. The molecule has 2 N–H and O–H groups in total. The molecule has 0 spiro atoms. The molecule has 0 aromatic heterocycles. The van der Waals surface area contributed by atoms with E-state index in [0.717, 1.165) is 30.0 Å². The fourth-order valence-electron chi connectivity index (χ4n) is 2.92. The molecule has 1 saturated heterocycles. The Hall–Kier alpha value is -2.49. The minimum absolute atomic E-state index is 0.0947. The molecule has 4 heteroatoms. The average molecular weight is 309 g/mol. The van der Waals surface area contributed by atoms with E-state index < -0.39 is 0 Å². The van der Waals surface area contributed by atoms with Crippen LogP contribution in [0.5, 0.6) is 5.75 Å². The topological polar surface area (TPSA) is 50.9 Å². The van der Waals surface area contributed by atoms with E-state index in [9.17, 15) is 0 Å². The fourth-order valence-corrected chi connectivity index (χ4v) is 2.92. The van der Waals surface area contributed by atoms with Gasteiger partial charge in [0.1, 0.15) is 11.8 Å². The highest BCUT2D eigenvalue weighted by molar-refractivity contribution is 5.79. The van der Waals surface area contributed by atoms with Gasteiger partial charge >= 0.3 is 0 Å². The molecular formula is C19H23N3O. The largest absolute Gasteiger partial charge is 0.497 e. The molecular weight excluding hydrogens is 286 g/mol. The highest BCUT2D eigenvalue weighted by atomic mass is 16.5. The summed E-state index contributed by atoms with van der Waals surface area (Å²) in [4.78, 5) is 7.00. The molecule has 0 amide bonds. The molecule has 1 fully saturated rings. The molecule has 2 aromatic rings. The zero-order chi connectivity index (χ0) is 16.1. The highest BCUT2D eigenvalue weighted by Gasteiger charge is 2.18. The molecule has 1 aliphatic rings. The molecule has 0 radical (unpaired) electrons. The van der Waals surface area contributed by atoms with Gasteiger partial charge in [-0.1, -0.05) is 42.5 Å². The summed E-state index contributed by atoms with van der Waals surface area (Å²) in [7, 11) is 1.67. The zero-order valence-electron chi connectivity index (χ0n) is 13.5. The lowest BCUT2D eigenvalue weighted by Crippen LogP contribution is -2.35. The number of aliphatic imine (C=N–C) groups is 1. The second-order valence-electron chi connectivity index (χ2n) is 5.77. The van der Waals surface area contributed by atoms with Gasteiger partial charge in [-0.3, -0.25) is 0 Å². The van der Waals surface area contributed by atoms with Gasteiger partial charge in [0, 0.05) is 13.1 Å². The van der Waals surface area contributed by atoms with Gasteiger partial charge in [0.25, 0.3) is 0 Å². The monoisotopic (exact) mass is 309 g/mol. The summed E-state index contributed by atoms with van der Waals surface area (Å²) < 4.78 is 5.25. The number of rotatable bonds is 4. The van der Waals surface area contributed by atoms with E-state index in [1.54, 1.807) is 7.11 Å². The van der Waals surface area contributed by atoms with E-state index in [2.05, 4.69) is 29.2 Å². The molecule has 2 aromatic carbocycles. The predicted octanol–water partition coefficient (Wildman–Crippen LogP) is 3.20. The SMILES string of the molecule is COc1ccc(C(N=C(N)N2CCCC2)c2ccccc2)cc1. The van der Waals surface area contributed by atoms with E-state index in [4.69, 9.17) is 15.5 Å². The number of ether oxygens (including phenoxy) is 1. The Morgan fingerprint density at radius 3 is 2.22 bits per heavy atom. The number of hydrogen-bond donors (Lipinski definition) is 1. The van der Waals surface area contributed by atoms with E-state index >= 15 is 0 Å². The first-order valence-corrected chi connectivity index (χ1v) is 8.05. The molecule has 23 heavy (non-hydrogen) atoms. The first-order valence-electron chi connectivity index (χ1n) is 8.05. The number of methoxy groups -OCH3 is 1. The van der Waals surface area contributed by atoms with Crippen LogP contribution in [-0.4, -0.2) is 31.1 Å². The minimum atomic E-state index is -0.0947. The summed E-state index contributed by atoms with van der Waals surface area (Å²) in [6.07, 6.45) is 2.38. The second-order valence-corrected chi connectivity index (χ2v) is 5.77. The van der Waals surface area contributed by atoms with Gasteiger partial charge in [-0.15, -0.1) is 0 Å². The Balaban J connectivity index is 1.94. The normalized spacial score (nSPS) is 16.4. The summed E-state index contributed by atoms with van der Waals surface area (Å²) in [5.41, 5.74) is 8.51. The zero-order valence-corrected chi connectivity index (χ0v) is 13.5. The Morgan fingerprint density at radius 1 is 1.00 bits per heavy atom. The average Bonchev–Trinajstić information content (AvgIpc) is 3.15. The van der Waals surface area contributed by atoms with Crippen molar-refractivity contribution < 1.29 is 4.74 Å². The maximum atomic E-state index is 6.26. The molecule has 1 heterocycles. The van der Waals surface area contributed by atoms with Crippen LogP contribution in [0.3, 0.4) is 0 Å². The Kier molecular flexibility index (Phi) is 4.81. The van der Waals surface area contributed by atoms with Crippen LogP contribution in [0.4, 0.5) is 0 Å². The van der Waals surface area contributed by atoms with Gasteiger partial charge in [0.15, 0.2) is 5.96 Å². The smallest absolute Gasteiger partial charge is 0.192 e. The number of nitrogens with zero attached hydrogens (tertiary/aromatic N) is 2. The van der Waals surface area contributed by atoms with Crippen molar-refractivity contribution in [3.63, 3.8) is 0 Å². The first-order chi connectivity index (χ1) is 11.3. The number of likely N-dealkylation sites (tertiary alicyclic amines) is 1. The third kappa shape index (κ3) is 3.65. The van der Waals surface area contributed by atoms with E-state index in [1.807, 2.05) is 30.3 Å². The van der Waals surface area contributed by atoms with Crippen molar-refractivity contribution in [1.82, 2.24) is 4.90 Å². The first kappa shape index (κ1) is 15.4. The van der Waals surface area contributed by atoms with Crippen molar-refractivity contribution in [3.8, 4) is 5.75 Å². The molecule has 1 aliphatic heterocycles. The maximum Gasteiger partial charge on any atom is 0.192 e. The minimum Gasteiger partial charge on any atom is -0.497 e. The van der Waals surface area contributed by atoms with E-state index in [0.29, 0.717) is 5.96 Å². The second kappa shape index (κ2) is 7.18. The molecule has 1 unspecified atom stereocenters. The molecule has 1 atom stereocenters. The number of benzene rings is 2. The van der Waals surface area contributed by atoms with E-state index in [-0.39, 0.29) is 6.04 Å². The lowest BCUT2D eigenvalue weighted by molar-refractivity contribution is 0.414. The third-order valence-electron chi connectivity index (χ3n) is 4.24. The number of guanidine groups is 1. The van der Waals surface area contributed by atoms with Gasteiger partial charge in [0.05, 0.1) is 7.11 Å². The standard InChI is InChI=1S/C19H23N3O/c1-23-17-11-9-16(10-12-17)18(15-7-3-2-4-8-15)21-19(20)22-13-5-6-14-22/h2-4,7-12,18H,5-6,13-14H2,1H3,(H2,20,21).